The van der Waals surface area contributed by atoms with E-state index in [1.165, 1.54) is 16.0 Å². The summed E-state index contributed by atoms with van der Waals surface area (Å²) in [6.45, 7) is 3.04. The molecule has 0 N–H and O–H groups in total. The van der Waals surface area contributed by atoms with Gasteiger partial charge < -0.3 is 9.32 Å². The lowest BCUT2D eigenvalue weighted by molar-refractivity contribution is 0.0665. The first kappa shape index (κ1) is 17.4. The number of rotatable bonds is 4. The van der Waals surface area contributed by atoms with Crippen LogP contribution in [0.3, 0.4) is 0 Å². The maximum atomic E-state index is 12.4. The number of aryl methyl sites for hydroxylation is 1. The van der Waals surface area contributed by atoms with Crippen LogP contribution in [0.15, 0.2) is 52.5 Å². The van der Waals surface area contributed by atoms with Crippen molar-refractivity contribution in [2.75, 3.05) is 26.2 Å². The topological polar surface area (TPSA) is 70.8 Å². The molecule has 3 rings (SSSR count). The lowest BCUT2D eigenvalue weighted by Crippen LogP contribution is -2.50. The molecule has 25 heavy (non-hydrogen) atoms. The van der Waals surface area contributed by atoms with Crippen molar-refractivity contribution in [1.29, 1.82) is 0 Å². The van der Waals surface area contributed by atoms with Gasteiger partial charge in [0.05, 0.1) is 6.26 Å². The Morgan fingerprint density at radius 1 is 1.08 bits per heavy atom. The number of hydrogen-bond donors (Lipinski definition) is 0. The van der Waals surface area contributed by atoms with E-state index in [1.807, 2.05) is 37.3 Å². The molecule has 132 valence electrons. The number of furan rings is 1. The van der Waals surface area contributed by atoms with E-state index in [9.17, 15) is 13.2 Å². The minimum atomic E-state index is -3.50. The van der Waals surface area contributed by atoms with Gasteiger partial charge in [-0.3, -0.25) is 4.79 Å². The highest BCUT2D eigenvalue weighted by Gasteiger charge is 2.29. The van der Waals surface area contributed by atoms with Crippen molar-refractivity contribution in [3.05, 3.63) is 65.0 Å². The van der Waals surface area contributed by atoms with Crippen molar-refractivity contribution in [3.8, 4) is 0 Å². The number of benzene rings is 1. The number of sulfonamides is 1. The Bertz CT molecular complexity index is 863. The van der Waals surface area contributed by atoms with Crippen molar-refractivity contribution in [3.63, 3.8) is 0 Å². The third-order valence-corrected chi connectivity index (χ3v) is 5.74. The number of amides is 1. The fraction of sp³-hybridized carbons (Fsp3) is 0.278. The molecule has 0 atom stereocenters. The van der Waals surface area contributed by atoms with E-state index in [1.54, 1.807) is 17.0 Å². The summed E-state index contributed by atoms with van der Waals surface area (Å²) in [4.78, 5) is 14.0. The minimum Gasteiger partial charge on any atom is -0.459 e. The normalized spacial score (nSPS) is 16.4. The number of carbonyl (C=O) groups is 1. The molecule has 0 spiro atoms. The van der Waals surface area contributed by atoms with Crippen molar-refractivity contribution in [1.82, 2.24) is 9.21 Å². The van der Waals surface area contributed by atoms with Gasteiger partial charge in [-0.05, 0) is 24.6 Å². The predicted molar refractivity (Wildman–Crippen MR) is 95.3 cm³/mol. The van der Waals surface area contributed by atoms with Gasteiger partial charge in [0.15, 0.2) is 5.76 Å². The minimum absolute atomic E-state index is 0.195. The summed E-state index contributed by atoms with van der Waals surface area (Å²) in [5, 5.41) is 1.22. The molecule has 1 aliphatic rings. The number of carbonyl (C=O) groups excluding carboxylic acids is 1. The van der Waals surface area contributed by atoms with Crippen LogP contribution in [-0.4, -0.2) is 49.7 Å². The molecular formula is C18H20N2O4S. The number of hydrogen-bond acceptors (Lipinski definition) is 4. The second-order valence-electron chi connectivity index (χ2n) is 5.88. The monoisotopic (exact) mass is 360 g/mol. The molecule has 2 aromatic rings. The summed E-state index contributed by atoms with van der Waals surface area (Å²) < 4.78 is 31.5. The first-order valence-electron chi connectivity index (χ1n) is 8.04. The molecule has 1 fully saturated rings. The average molecular weight is 360 g/mol. The Morgan fingerprint density at radius 2 is 1.76 bits per heavy atom. The Morgan fingerprint density at radius 3 is 2.36 bits per heavy atom. The van der Waals surface area contributed by atoms with Gasteiger partial charge in [-0.15, -0.1) is 0 Å². The van der Waals surface area contributed by atoms with Gasteiger partial charge in [-0.25, -0.2) is 8.42 Å². The molecule has 1 aromatic heterocycles. The van der Waals surface area contributed by atoms with Crippen LogP contribution in [0.2, 0.25) is 0 Å². The van der Waals surface area contributed by atoms with Gasteiger partial charge in [-0.1, -0.05) is 30.3 Å². The molecule has 2 heterocycles. The molecule has 1 aliphatic heterocycles. The van der Waals surface area contributed by atoms with Gasteiger partial charge >= 0.3 is 0 Å². The Balaban J connectivity index is 1.62. The Kier molecular flexibility index (Phi) is 5.06. The highest BCUT2D eigenvalue weighted by molar-refractivity contribution is 7.92. The summed E-state index contributed by atoms with van der Waals surface area (Å²) in [5.41, 5.74) is 1.61. The third-order valence-electron chi connectivity index (χ3n) is 4.17. The highest BCUT2D eigenvalue weighted by Crippen LogP contribution is 2.16. The molecule has 0 radical (unpaired) electrons. The second kappa shape index (κ2) is 7.25. The molecule has 0 saturated carbocycles. The summed E-state index contributed by atoms with van der Waals surface area (Å²) in [5.74, 6) is 0.125. The number of piperazine rings is 1. The highest BCUT2D eigenvalue weighted by atomic mass is 32.2. The summed E-state index contributed by atoms with van der Waals surface area (Å²) >= 11 is 0. The summed E-state index contributed by atoms with van der Waals surface area (Å²) in [6, 6.07) is 11.0. The van der Waals surface area contributed by atoms with E-state index < -0.39 is 10.0 Å². The van der Waals surface area contributed by atoms with Crippen molar-refractivity contribution in [2.45, 2.75) is 6.92 Å². The molecule has 0 aliphatic carbocycles. The fourth-order valence-corrected chi connectivity index (χ4v) is 3.87. The van der Waals surface area contributed by atoms with E-state index in [0.717, 1.165) is 11.1 Å². The van der Waals surface area contributed by atoms with Crippen LogP contribution in [0.25, 0.3) is 6.08 Å². The van der Waals surface area contributed by atoms with Gasteiger partial charge in [-0.2, -0.15) is 4.31 Å². The standard InChI is InChI=1S/C18H20N2O4S/c1-15-7-13-24-17(15)18(21)19-9-11-20(12-10-19)25(22,23)14-8-16-5-3-2-4-6-16/h2-8,13-14H,9-12H2,1H3/b14-8+. The van der Waals surface area contributed by atoms with Crippen LogP contribution in [0.4, 0.5) is 0 Å². The van der Waals surface area contributed by atoms with Crippen LogP contribution in [0.1, 0.15) is 21.7 Å². The van der Waals surface area contributed by atoms with Gasteiger partial charge in [0, 0.05) is 37.2 Å². The van der Waals surface area contributed by atoms with E-state index in [0.29, 0.717) is 18.8 Å². The largest absolute Gasteiger partial charge is 0.459 e. The van der Waals surface area contributed by atoms with Gasteiger partial charge in [0.2, 0.25) is 10.0 Å². The van der Waals surface area contributed by atoms with Crippen molar-refractivity contribution in [2.24, 2.45) is 0 Å². The zero-order chi connectivity index (χ0) is 17.9. The lowest BCUT2D eigenvalue weighted by atomic mass is 10.2. The summed E-state index contributed by atoms with van der Waals surface area (Å²) in [7, 11) is -3.50. The van der Waals surface area contributed by atoms with E-state index in [2.05, 4.69) is 0 Å². The van der Waals surface area contributed by atoms with Crippen molar-refractivity contribution >= 4 is 22.0 Å². The quantitative estimate of drug-likeness (QED) is 0.839. The first-order valence-corrected chi connectivity index (χ1v) is 9.54. The molecule has 6 nitrogen and oxygen atoms in total. The molecule has 0 unspecified atom stereocenters. The Hall–Kier alpha value is -2.38. The zero-order valence-electron chi connectivity index (χ0n) is 14.0. The third kappa shape index (κ3) is 4.00. The molecule has 1 aromatic carbocycles. The first-order chi connectivity index (χ1) is 12.0. The van der Waals surface area contributed by atoms with E-state index in [-0.39, 0.29) is 19.0 Å². The van der Waals surface area contributed by atoms with Crippen molar-refractivity contribution < 1.29 is 17.6 Å². The van der Waals surface area contributed by atoms with E-state index in [4.69, 9.17) is 4.42 Å². The molecular weight excluding hydrogens is 340 g/mol. The maximum Gasteiger partial charge on any atom is 0.289 e. The number of nitrogens with zero attached hydrogens (tertiary/aromatic N) is 2. The van der Waals surface area contributed by atoms with Crippen LogP contribution in [-0.2, 0) is 10.0 Å². The van der Waals surface area contributed by atoms with Gasteiger partial charge in [0.1, 0.15) is 0 Å². The van der Waals surface area contributed by atoms with Crippen LogP contribution in [0, 0.1) is 6.92 Å². The lowest BCUT2D eigenvalue weighted by Gasteiger charge is -2.33. The molecule has 0 bridgehead atoms. The predicted octanol–water partition coefficient (Wildman–Crippen LogP) is 2.35. The van der Waals surface area contributed by atoms with Crippen LogP contribution >= 0.6 is 0 Å². The molecule has 7 heteroatoms. The molecule has 1 saturated heterocycles. The zero-order valence-corrected chi connectivity index (χ0v) is 14.8. The fourth-order valence-electron chi connectivity index (χ4n) is 2.70. The Labute approximate surface area is 147 Å². The van der Waals surface area contributed by atoms with Crippen LogP contribution < -0.4 is 0 Å². The second-order valence-corrected chi connectivity index (χ2v) is 7.70. The van der Waals surface area contributed by atoms with E-state index >= 15 is 0 Å². The average Bonchev–Trinajstić information content (AvgIpc) is 3.06. The van der Waals surface area contributed by atoms with Gasteiger partial charge in [0.25, 0.3) is 5.91 Å². The SMILES string of the molecule is Cc1ccoc1C(=O)N1CCN(S(=O)(=O)/C=C/c2ccccc2)CC1. The summed E-state index contributed by atoms with van der Waals surface area (Å²) in [6.07, 6.45) is 3.07. The molecule has 1 amide bonds. The smallest absolute Gasteiger partial charge is 0.289 e. The van der Waals surface area contributed by atoms with Crippen LogP contribution in [0.5, 0.6) is 0 Å². The maximum absolute atomic E-state index is 12.4.